The smallest absolute Gasteiger partial charge is 0.349 e. The largest absolute Gasteiger partial charge is 0.465 e. The molecule has 1 aromatic heterocycles. The van der Waals surface area contributed by atoms with Crippen molar-refractivity contribution in [3.05, 3.63) is 45.1 Å². The highest BCUT2D eigenvalue weighted by atomic mass is 35.5. The summed E-state index contributed by atoms with van der Waals surface area (Å²) in [6, 6.07) is 6.22. The van der Waals surface area contributed by atoms with Crippen LogP contribution >= 0.6 is 22.9 Å². The number of esters is 1. The van der Waals surface area contributed by atoms with Gasteiger partial charge in [-0.15, -0.1) is 11.3 Å². The zero-order valence-corrected chi connectivity index (χ0v) is 13.6. The molecule has 21 heavy (non-hydrogen) atoms. The quantitative estimate of drug-likeness (QED) is 0.863. The second kappa shape index (κ2) is 6.05. The minimum Gasteiger partial charge on any atom is -0.465 e. The standard InChI is InChI=1S/C13H12ClNO4S2/c1-8-7-20-11(13(16)19-2)12(8)21(17,18)15-10-5-3-9(14)4-6-10/h3-7,15H,1-2H3. The van der Waals surface area contributed by atoms with Gasteiger partial charge in [-0.25, -0.2) is 13.2 Å². The van der Waals surface area contributed by atoms with Crippen LogP contribution in [0.4, 0.5) is 5.69 Å². The normalized spacial score (nSPS) is 11.2. The number of sulfonamides is 1. The Balaban J connectivity index is 2.42. The van der Waals surface area contributed by atoms with E-state index in [2.05, 4.69) is 9.46 Å². The molecule has 1 aromatic carbocycles. The number of benzene rings is 1. The van der Waals surface area contributed by atoms with Crippen LogP contribution in [0.3, 0.4) is 0 Å². The predicted octanol–water partition coefficient (Wildman–Crippen LogP) is 3.30. The lowest BCUT2D eigenvalue weighted by atomic mass is 10.3. The monoisotopic (exact) mass is 345 g/mol. The van der Waals surface area contributed by atoms with Crippen molar-refractivity contribution >= 4 is 44.6 Å². The lowest BCUT2D eigenvalue weighted by Crippen LogP contribution is -2.16. The van der Waals surface area contributed by atoms with Gasteiger partial charge in [0.2, 0.25) is 0 Å². The van der Waals surface area contributed by atoms with Crippen LogP contribution in [-0.4, -0.2) is 21.5 Å². The number of aryl methyl sites for hydroxylation is 1. The van der Waals surface area contributed by atoms with Crippen LogP contribution in [-0.2, 0) is 14.8 Å². The topological polar surface area (TPSA) is 72.5 Å². The van der Waals surface area contributed by atoms with Crippen molar-refractivity contribution in [3.8, 4) is 0 Å². The van der Waals surface area contributed by atoms with Gasteiger partial charge in [0.25, 0.3) is 10.0 Å². The maximum absolute atomic E-state index is 12.5. The summed E-state index contributed by atoms with van der Waals surface area (Å²) in [5.74, 6) is -0.676. The van der Waals surface area contributed by atoms with E-state index in [9.17, 15) is 13.2 Å². The van der Waals surface area contributed by atoms with E-state index < -0.39 is 16.0 Å². The van der Waals surface area contributed by atoms with Crippen LogP contribution in [0.2, 0.25) is 5.02 Å². The Bertz CT molecular complexity index is 766. The summed E-state index contributed by atoms with van der Waals surface area (Å²) in [5.41, 5.74) is 0.850. The fourth-order valence-electron chi connectivity index (χ4n) is 1.73. The van der Waals surface area contributed by atoms with Gasteiger partial charge in [-0.05, 0) is 42.1 Å². The third kappa shape index (κ3) is 3.37. The number of hydrogen-bond donors (Lipinski definition) is 1. The molecule has 0 saturated carbocycles. The van der Waals surface area contributed by atoms with E-state index in [4.69, 9.17) is 11.6 Å². The van der Waals surface area contributed by atoms with Crippen LogP contribution in [0.25, 0.3) is 0 Å². The molecule has 0 fully saturated rings. The molecule has 2 rings (SSSR count). The molecule has 0 radical (unpaired) electrons. The SMILES string of the molecule is COC(=O)c1scc(C)c1S(=O)(=O)Nc1ccc(Cl)cc1. The van der Waals surface area contributed by atoms with Crippen LogP contribution in [0.5, 0.6) is 0 Å². The summed E-state index contributed by atoms with van der Waals surface area (Å²) in [4.78, 5) is 11.7. The van der Waals surface area contributed by atoms with Crippen molar-refractivity contribution in [2.24, 2.45) is 0 Å². The summed E-state index contributed by atoms with van der Waals surface area (Å²) >= 11 is 6.79. The maximum Gasteiger partial charge on any atom is 0.349 e. The number of carbonyl (C=O) groups is 1. The van der Waals surface area contributed by atoms with Gasteiger partial charge in [0.05, 0.1) is 7.11 Å². The molecule has 8 heteroatoms. The Kier molecular flexibility index (Phi) is 4.55. The van der Waals surface area contributed by atoms with Crippen LogP contribution in [0, 0.1) is 6.92 Å². The zero-order chi connectivity index (χ0) is 15.6. The first-order valence-corrected chi connectivity index (χ1v) is 8.54. The lowest BCUT2D eigenvalue weighted by molar-refractivity contribution is 0.0602. The lowest BCUT2D eigenvalue weighted by Gasteiger charge is -2.09. The Hall–Kier alpha value is -1.57. The highest BCUT2D eigenvalue weighted by Crippen LogP contribution is 2.29. The number of nitrogens with one attached hydrogen (secondary N) is 1. The van der Waals surface area contributed by atoms with E-state index in [0.717, 1.165) is 11.3 Å². The molecule has 0 unspecified atom stereocenters. The highest BCUT2D eigenvalue weighted by Gasteiger charge is 2.27. The maximum atomic E-state index is 12.5. The molecule has 0 amide bonds. The number of rotatable bonds is 4. The average Bonchev–Trinajstić information content (AvgIpc) is 2.83. The van der Waals surface area contributed by atoms with Crippen molar-refractivity contribution in [1.82, 2.24) is 0 Å². The summed E-state index contributed by atoms with van der Waals surface area (Å²) in [5, 5.41) is 2.10. The van der Waals surface area contributed by atoms with Crippen molar-refractivity contribution in [2.75, 3.05) is 11.8 Å². The highest BCUT2D eigenvalue weighted by molar-refractivity contribution is 7.93. The molecule has 0 bridgehead atoms. The van der Waals surface area contributed by atoms with E-state index in [1.54, 1.807) is 36.6 Å². The van der Waals surface area contributed by atoms with Gasteiger partial charge in [-0.1, -0.05) is 11.6 Å². The molecule has 0 aliphatic heterocycles. The second-order valence-corrected chi connectivity index (χ2v) is 7.12. The Labute approximate surface area is 131 Å². The third-order valence-electron chi connectivity index (χ3n) is 2.65. The fraction of sp³-hybridized carbons (Fsp3) is 0.154. The summed E-state index contributed by atoms with van der Waals surface area (Å²) in [6.07, 6.45) is 0. The first-order chi connectivity index (χ1) is 9.85. The van der Waals surface area contributed by atoms with Crippen molar-refractivity contribution < 1.29 is 17.9 Å². The molecule has 112 valence electrons. The van der Waals surface area contributed by atoms with Gasteiger partial charge in [0, 0.05) is 10.7 Å². The molecule has 2 aromatic rings. The molecule has 0 saturated heterocycles. The van der Waals surface area contributed by atoms with Crippen molar-refractivity contribution in [1.29, 1.82) is 0 Å². The van der Waals surface area contributed by atoms with Gasteiger partial charge in [0.15, 0.2) is 0 Å². The molecule has 5 nitrogen and oxygen atoms in total. The second-order valence-electron chi connectivity index (χ2n) is 4.18. The number of thiophene rings is 1. The molecule has 0 aliphatic rings. The summed E-state index contributed by atoms with van der Waals surface area (Å²) in [7, 11) is -2.67. The molecule has 0 spiro atoms. The number of ether oxygens (including phenoxy) is 1. The molecule has 1 N–H and O–H groups in total. The number of anilines is 1. The molecule has 0 aliphatic carbocycles. The zero-order valence-electron chi connectivity index (χ0n) is 11.2. The predicted molar refractivity (Wildman–Crippen MR) is 82.7 cm³/mol. The van der Waals surface area contributed by atoms with Gasteiger partial charge in [0.1, 0.15) is 9.77 Å². The number of methoxy groups -OCH3 is 1. The third-order valence-corrected chi connectivity index (χ3v) is 5.68. The minimum atomic E-state index is -3.88. The van der Waals surface area contributed by atoms with E-state index in [0.29, 0.717) is 16.3 Å². The molecule has 1 heterocycles. The first kappa shape index (κ1) is 15.8. The molecular formula is C13H12ClNO4S2. The Morgan fingerprint density at radius 3 is 2.48 bits per heavy atom. The van der Waals surface area contributed by atoms with Crippen molar-refractivity contribution in [2.45, 2.75) is 11.8 Å². The van der Waals surface area contributed by atoms with Gasteiger partial charge in [-0.2, -0.15) is 0 Å². The van der Waals surface area contributed by atoms with E-state index >= 15 is 0 Å². The fourth-order valence-corrected chi connectivity index (χ4v) is 4.62. The average molecular weight is 346 g/mol. The van der Waals surface area contributed by atoms with Gasteiger partial charge in [-0.3, -0.25) is 4.72 Å². The summed E-state index contributed by atoms with van der Waals surface area (Å²) in [6.45, 7) is 1.62. The number of carbonyl (C=O) groups excluding carboxylic acids is 1. The van der Waals surface area contributed by atoms with E-state index in [1.807, 2.05) is 0 Å². The van der Waals surface area contributed by atoms with E-state index in [-0.39, 0.29) is 9.77 Å². The van der Waals surface area contributed by atoms with Gasteiger partial charge < -0.3 is 4.74 Å². The van der Waals surface area contributed by atoms with Gasteiger partial charge >= 0.3 is 5.97 Å². The van der Waals surface area contributed by atoms with Crippen LogP contribution < -0.4 is 4.72 Å². The minimum absolute atomic E-state index is 0.0523. The Morgan fingerprint density at radius 1 is 1.29 bits per heavy atom. The summed E-state index contributed by atoms with van der Waals surface area (Å²) < 4.78 is 32.0. The Morgan fingerprint density at radius 2 is 1.90 bits per heavy atom. The van der Waals surface area contributed by atoms with Crippen molar-refractivity contribution in [3.63, 3.8) is 0 Å². The van der Waals surface area contributed by atoms with E-state index in [1.165, 1.54) is 7.11 Å². The number of hydrogen-bond acceptors (Lipinski definition) is 5. The molecular weight excluding hydrogens is 334 g/mol. The van der Waals surface area contributed by atoms with Crippen LogP contribution in [0.1, 0.15) is 15.2 Å². The number of halogens is 1. The van der Waals surface area contributed by atoms with Crippen LogP contribution in [0.15, 0.2) is 34.5 Å². The molecule has 0 atom stereocenters. The first-order valence-electron chi connectivity index (χ1n) is 5.80.